The summed E-state index contributed by atoms with van der Waals surface area (Å²) in [5.74, 6) is -1.63. The third-order valence-electron chi connectivity index (χ3n) is 6.05. The Labute approximate surface area is 218 Å². The normalized spacial score (nSPS) is 16.4. The van der Waals surface area contributed by atoms with Gasteiger partial charge in [-0.25, -0.2) is 22.6 Å². The van der Waals surface area contributed by atoms with Gasteiger partial charge in [0.2, 0.25) is 0 Å². The molecule has 1 aliphatic rings. The summed E-state index contributed by atoms with van der Waals surface area (Å²) in [7, 11) is -3.39. The van der Waals surface area contributed by atoms with E-state index >= 15 is 0 Å². The molecule has 1 aromatic carbocycles. The fourth-order valence-corrected chi connectivity index (χ4v) is 5.01. The number of amides is 2. The number of rotatable bonds is 12. The molecule has 0 aliphatic carbocycles. The van der Waals surface area contributed by atoms with Crippen LogP contribution < -0.4 is 16.0 Å². The third-order valence-corrected chi connectivity index (χ3v) is 7.80. The Morgan fingerprint density at radius 3 is 2.58 bits per heavy atom. The lowest BCUT2D eigenvalue weighted by molar-refractivity contribution is -0.131. The van der Waals surface area contributed by atoms with Crippen molar-refractivity contribution in [3.63, 3.8) is 0 Å². The first-order chi connectivity index (χ1) is 18.0. The number of primary amides is 1. The summed E-state index contributed by atoms with van der Waals surface area (Å²) in [6, 6.07) is 5.77. The summed E-state index contributed by atoms with van der Waals surface area (Å²) in [5, 5.41) is 2.64. The van der Waals surface area contributed by atoms with Crippen LogP contribution in [0.15, 0.2) is 41.4 Å². The second-order valence-corrected chi connectivity index (χ2v) is 10.9. The highest BCUT2D eigenvalue weighted by atomic mass is 32.2. The van der Waals surface area contributed by atoms with Crippen LogP contribution in [-0.2, 0) is 25.7 Å². The highest BCUT2D eigenvalue weighted by molar-refractivity contribution is 7.91. The monoisotopic (exact) mass is 558 g/mol. The number of hydrogen-bond acceptors (Lipinski definition) is 8. The first-order valence-electron chi connectivity index (χ1n) is 11.9. The molecule has 1 fully saturated rings. The molecule has 1 saturated heterocycles. The van der Waals surface area contributed by atoms with Gasteiger partial charge in [-0.1, -0.05) is 19.1 Å². The van der Waals surface area contributed by atoms with Crippen LogP contribution in [0, 0.1) is 5.82 Å². The quantitative estimate of drug-likeness (QED) is 0.405. The van der Waals surface area contributed by atoms with Gasteiger partial charge in [0.25, 0.3) is 5.91 Å². The molecule has 0 radical (unpaired) electrons. The van der Waals surface area contributed by atoms with Gasteiger partial charge in [-0.15, -0.1) is 0 Å². The molecule has 3 rings (SSSR count). The molecule has 10 nitrogen and oxygen atoms in total. The van der Waals surface area contributed by atoms with Crippen LogP contribution in [0.4, 0.5) is 23.8 Å². The predicted octanol–water partition coefficient (Wildman–Crippen LogP) is 2.66. The molecule has 0 unspecified atom stereocenters. The average molecular weight is 559 g/mol. The smallest absolute Gasteiger partial charge is 0.404 e. The lowest BCUT2D eigenvalue weighted by Crippen LogP contribution is -2.41. The van der Waals surface area contributed by atoms with E-state index in [1.807, 2.05) is 0 Å². The van der Waals surface area contributed by atoms with Crippen LogP contribution in [0.25, 0.3) is 0 Å². The van der Waals surface area contributed by atoms with E-state index in [-0.39, 0.29) is 41.7 Å². The molecule has 2 atom stereocenters. The molecule has 0 bridgehead atoms. The summed E-state index contributed by atoms with van der Waals surface area (Å²) in [6.45, 7) is -1.57. The van der Waals surface area contributed by atoms with E-state index in [1.54, 1.807) is 12.1 Å². The number of pyridine rings is 1. The van der Waals surface area contributed by atoms with Crippen molar-refractivity contribution in [2.45, 2.75) is 49.8 Å². The number of carbonyl (C=O) groups excluding carboxylic acids is 2. The molecule has 2 heterocycles. The molecule has 1 aromatic heterocycles. The zero-order chi connectivity index (χ0) is 27.9. The van der Waals surface area contributed by atoms with Crippen LogP contribution in [0.5, 0.6) is 0 Å². The van der Waals surface area contributed by atoms with Gasteiger partial charge in [0.15, 0.2) is 21.5 Å². The number of benzene rings is 1. The number of halogens is 3. The van der Waals surface area contributed by atoms with Crippen molar-refractivity contribution in [3.05, 3.63) is 53.5 Å². The van der Waals surface area contributed by atoms with E-state index in [4.69, 9.17) is 10.5 Å². The number of anilines is 1. The van der Waals surface area contributed by atoms with Crippen LogP contribution in [0.1, 0.15) is 35.7 Å². The minimum Gasteiger partial charge on any atom is -0.448 e. The van der Waals surface area contributed by atoms with Crippen molar-refractivity contribution in [3.8, 4) is 0 Å². The second kappa shape index (κ2) is 12.9. The summed E-state index contributed by atoms with van der Waals surface area (Å²) < 4.78 is 73.0. The maximum Gasteiger partial charge on any atom is 0.404 e. The number of nitrogens with zero attached hydrogens (tertiary/aromatic N) is 2. The maximum atomic E-state index is 14.9. The molecule has 3 N–H and O–H groups in total. The van der Waals surface area contributed by atoms with Gasteiger partial charge >= 0.3 is 12.7 Å². The van der Waals surface area contributed by atoms with Gasteiger partial charge in [-0.3, -0.25) is 4.79 Å². The first-order valence-corrected chi connectivity index (χ1v) is 13.5. The SMILES string of the molecule is CCS(=O)(=O)c1ccc(C[C@H](COC(N)=O)NC(=O)c2cnc(N3CCC[C@H]3COC(F)F)c(F)c2)cc1. The molecular weight excluding hydrogens is 529 g/mol. The Kier molecular flexibility index (Phi) is 9.91. The third kappa shape index (κ3) is 7.81. The molecule has 2 amide bonds. The van der Waals surface area contributed by atoms with E-state index in [0.29, 0.717) is 24.9 Å². The lowest BCUT2D eigenvalue weighted by atomic mass is 10.1. The Morgan fingerprint density at radius 2 is 1.97 bits per heavy atom. The Hall–Kier alpha value is -3.39. The molecule has 0 spiro atoms. The number of carbonyl (C=O) groups is 2. The van der Waals surface area contributed by atoms with Crippen molar-refractivity contribution >= 4 is 27.7 Å². The summed E-state index contributed by atoms with van der Waals surface area (Å²) >= 11 is 0. The number of alkyl halides is 2. The van der Waals surface area contributed by atoms with Gasteiger partial charge in [0, 0.05) is 12.7 Å². The number of hydrogen-bond donors (Lipinski definition) is 2. The fourth-order valence-electron chi connectivity index (χ4n) is 4.12. The van der Waals surface area contributed by atoms with Crippen LogP contribution in [0.3, 0.4) is 0 Å². The Bertz CT molecular complexity index is 1230. The van der Waals surface area contributed by atoms with Crippen molar-refractivity contribution in [2.24, 2.45) is 5.73 Å². The molecule has 0 saturated carbocycles. The van der Waals surface area contributed by atoms with Gasteiger partial charge in [0.1, 0.15) is 6.61 Å². The number of nitrogens with two attached hydrogens (primary N) is 1. The van der Waals surface area contributed by atoms with E-state index < -0.39 is 46.4 Å². The standard InChI is InChI=1S/C24H29F3N4O6S/c1-2-38(34,35)19-7-5-15(6-8-19)10-17(13-37-24(28)33)30-22(32)16-11-20(25)21(29-12-16)31-9-3-4-18(31)14-36-23(26)27/h5-8,11-12,17-18,23H,2-4,9-10,13-14H2,1H3,(H2,28,33)(H,30,32)/t17-,18+/m1/s1. The highest BCUT2D eigenvalue weighted by Gasteiger charge is 2.29. The first kappa shape index (κ1) is 29.2. The lowest BCUT2D eigenvalue weighted by Gasteiger charge is -2.26. The molecular formula is C24H29F3N4O6S. The van der Waals surface area contributed by atoms with Crippen molar-refractivity contribution in [1.29, 1.82) is 0 Å². The second-order valence-electron chi connectivity index (χ2n) is 8.66. The number of ether oxygens (including phenoxy) is 2. The van der Waals surface area contributed by atoms with Crippen molar-refractivity contribution < 1.29 is 40.7 Å². The molecule has 2 aromatic rings. The van der Waals surface area contributed by atoms with Gasteiger partial charge in [-0.05, 0) is 43.0 Å². The molecule has 38 heavy (non-hydrogen) atoms. The molecule has 1 aliphatic heterocycles. The Balaban J connectivity index is 1.71. The van der Waals surface area contributed by atoms with E-state index in [9.17, 15) is 31.2 Å². The molecule has 14 heteroatoms. The zero-order valence-corrected chi connectivity index (χ0v) is 21.4. The van der Waals surface area contributed by atoms with Crippen LogP contribution >= 0.6 is 0 Å². The molecule has 208 valence electrons. The average Bonchev–Trinajstić information content (AvgIpc) is 3.34. The number of sulfone groups is 1. The summed E-state index contributed by atoms with van der Waals surface area (Å²) in [6.07, 6.45) is 1.44. The number of nitrogens with one attached hydrogen (secondary N) is 1. The van der Waals surface area contributed by atoms with E-state index in [1.165, 1.54) is 24.0 Å². The van der Waals surface area contributed by atoms with Crippen molar-refractivity contribution in [2.75, 3.05) is 30.4 Å². The van der Waals surface area contributed by atoms with Gasteiger partial charge < -0.3 is 25.4 Å². The van der Waals surface area contributed by atoms with Gasteiger partial charge in [-0.2, -0.15) is 8.78 Å². The zero-order valence-electron chi connectivity index (χ0n) is 20.6. The van der Waals surface area contributed by atoms with Crippen molar-refractivity contribution in [1.82, 2.24) is 10.3 Å². The van der Waals surface area contributed by atoms with E-state index in [2.05, 4.69) is 15.0 Å². The maximum absolute atomic E-state index is 14.9. The fraction of sp³-hybridized carbons (Fsp3) is 0.458. The van der Waals surface area contributed by atoms with E-state index in [0.717, 1.165) is 12.3 Å². The van der Waals surface area contributed by atoms with Crippen LogP contribution in [-0.4, -0.2) is 69.6 Å². The topological polar surface area (TPSA) is 141 Å². The van der Waals surface area contributed by atoms with Crippen LogP contribution in [0.2, 0.25) is 0 Å². The minimum absolute atomic E-state index is 0.0528. The summed E-state index contributed by atoms with van der Waals surface area (Å²) in [4.78, 5) is 29.7. The minimum atomic E-state index is -3.39. The highest BCUT2D eigenvalue weighted by Crippen LogP contribution is 2.27. The Morgan fingerprint density at radius 1 is 1.26 bits per heavy atom. The summed E-state index contributed by atoms with van der Waals surface area (Å²) in [5.41, 5.74) is 5.58. The largest absolute Gasteiger partial charge is 0.448 e. The van der Waals surface area contributed by atoms with Gasteiger partial charge in [0.05, 0.1) is 34.9 Å². The predicted molar refractivity (Wildman–Crippen MR) is 131 cm³/mol. The number of aromatic nitrogens is 1.